The van der Waals surface area contributed by atoms with Crippen molar-refractivity contribution in [3.05, 3.63) is 43.0 Å². The van der Waals surface area contributed by atoms with Gasteiger partial charge in [-0.05, 0) is 41.1 Å². The van der Waals surface area contributed by atoms with Gasteiger partial charge in [0, 0.05) is 20.8 Å². The van der Waals surface area contributed by atoms with Crippen LogP contribution in [0, 0.1) is 6.92 Å². The highest BCUT2D eigenvalue weighted by Gasteiger charge is 2.09. The number of hydrogen-bond donors (Lipinski definition) is 1. The Labute approximate surface area is 132 Å². The van der Waals surface area contributed by atoms with Gasteiger partial charge in [-0.2, -0.15) is 0 Å². The van der Waals surface area contributed by atoms with Crippen LogP contribution in [0.15, 0.2) is 28.2 Å². The molecule has 3 aromatic rings. The molecule has 3 rings (SSSR count). The minimum Gasteiger partial charge on any atom is -0.377 e. The lowest BCUT2D eigenvalue weighted by molar-refractivity contribution is 1.19. The molecule has 0 spiro atoms. The fraction of sp³-hybridized carbons (Fsp3) is 0.154. The van der Waals surface area contributed by atoms with E-state index in [4.69, 9.17) is 11.6 Å². The molecule has 0 fully saturated rings. The van der Waals surface area contributed by atoms with E-state index in [9.17, 15) is 0 Å². The van der Waals surface area contributed by atoms with Crippen LogP contribution in [-0.2, 0) is 6.54 Å². The molecule has 0 bridgehead atoms. The number of rotatable bonds is 3. The van der Waals surface area contributed by atoms with E-state index in [2.05, 4.69) is 39.2 Å². The van der Waals surface area contributed by atoms with E-state index in [1.54, 1.807) is 22.7 Å². The van der Waals surface area contributed by atoms with E-state index >= 15 is 0 Å². The molecule has 0 saturated carbocycles. The summed E-state index contributed by atoms with van der Waals surface area (Å²) in [6.07, 6.45) is 0. The molecule has 0 aliphatic carbocycles. The van der Waals surface area contributed by atoms with Gasteiger partial charge in [-0.3, -0.25) is 0 Å². The van der Waals surface area contributed by atoms with Crippen LogP contribution in [0.25, 0.3) is 10.2 Å². The van der Waals surface area contributed by atoms with Gasteiger partial charge in [-0.15, -0.1) is 22.7 Å². The average Bonchev–Trinajstić information content (AvgIpc) is 2.96. The van der Waals surface area contributed by atoms with Crippen molar-refractivity contribution in [2.24, 2.45) is 0 Å². The number of aryl methyl sites for hydroxylation is 1. The number of aromatic nitrogens is 1. The zero-order valence-corrected chi connectivity index (χ0v) is 14.0. The Balaban J connectivity index is 1.89. The summed E-state index contributed by atoms with van der Waals surface area (Å²) in [5.41, 5.74) is 3.71. The minimum atomic E-state index is 0.714. The molecule has 0 amide bonds. The number of fused-ring (bicyclic) bond motifs is 1. The van der Waals surface area contributed by atoms with Crippen molar-refractivity contribution in [1.82, 2.24) is 4.98 Å². The maximum absolute atomic E-state index is 6.26. The molecule has 0 unspecified atom stereocenters. The molecule has 0 saturated heterocycles. The van der Waals surface area contributed by atoms with Gasteiger partial charge >= 0.3 is 0 Å². The van der Waals surface area contributed by atoms with E-state index < -0.39 is 0 Å². The highest BCUT2D eigenvalue weighted by molar-refractivity contribution is 9.10. The molecule has 6 heteroatoms. The van der Waals surface area contributed by atoms with Crippen LogP contribution in [0.5, 0.6) is 0 Å². The summed E-state index contributed by atoms with van der Waals surface area (Å²) in [6.45, 7) is 2.86. The summed E-state index contributed by atoms with van der Waals surface area (Å²) >= 11 is 13.2. The molecule has 19 heavy (non-hydrogen) atoms. The van der Waals surface area contributed by atoms with Crippen LogP contribution in [0.3, 0.4) is 0 Å². The smallest absolute Gasteiger partial charge is 0.106 e. The monoisotopic (exact) mass is 372 g/mol. The maximum atomic E-state index is 6.26. The van der Waals surface area contributed by atoms with Gasteiger partial charge < -0.3 is 5.32 Å². The molecule has 1 N–H and O–H groups in total. The van der Waals surface area contributed by atoms with Gasteiger partial charge in [0.1, 0.15) is 5.52 Å². The Morgan fingerprint density at radius 1 is 1.42 bits per heavy atom. The summed E-state index contributed by atoms with van der Waals surface area (Å²) in [6, 6.07) is 6.06. The van der Waals surface area contributed by atoms with Crippen molar-refractivity contribution in [3.8, 4) is 0 Å². The molecule has 0 aliphatic rings. The average molecular weight is 374 g/mol. The van der Waals surface area contributed by atoms with Gasteiger partial charge in [0.25, 0.3) is 0 Å². The van der Waals surface area contributed by atoms with Crippen LogP contribution in [0.2, 0.25) is 5.02 Å². The first-order chi connectivity index (χ1) is 9.15. The number of thiophene rings is 1. The lowest BCUT2D eigenvalue weighted by Gasteiger charge is -2.07. The summed E-state index contributed by atoms with van der Waals surface area (Å²) in [5, 5.41) is 4.11. The van der Waals surface area contributed by atoms with Crippen LogP contribution in [-0.4, -0.2) is 4.98 Å². The molecule has 2 nitrogen and oxygen atoms in total. The van der Waals surface area contributed by atoms with Gasteiger partial charge in [0.05, 0.1) is 20.9 Å². The SMILES string of the molecule is Cc1sc(CNc2c(Cl)ccc3scnc23)cc1Br. The Morgan fingerprint density at radius 2 is 2.26 bits per heavy atom. The molecule has 1 aromatic carbocycles. The summed E-state index contributed by atoms with van der Waals surface area (Å²) < 4.78 is 2.31. The second-order valence-electron chi connectivity index (χ2n) is 4.09. The maximum Gasteiger partial charge on any atom is 0.106 e. The Hall–Kier alpha value is -0.620. The summed E-state index contributed by atoms with van der Waals surface area (Å²) in [5.74, 6) is 0. The summed E-state index contributed by atoms with van der Waals surface area (Å²) in [4.78, 5) is 6.94. The number of benzene rings is 1. The third-order valence-electron chi connectivity index (χ3n) is 2.80. The predicted molar refractivity (Wildman–Crippen MR) is 88.7 cm³/mol. The lowest BCUT2D eigenvalue weighted by atomic mass is 10.3. The number of halogens is 2. The third-order valence-corrected chi connectivity index (χ3v) is 6.04. The van der Waals surface area contributed by atoms with Crippen LogP contribution < -0.4 is 5.32 Å². The van der Waals surface area contributed by atoms with Crippen molar-refractivity contribution in [1.29, 1.82) is 0 Å². The van der Waals surface area contributed by atoms with E-state index in [1.807, 2.05) is 17.6 Å². The van der Waals surface area contributed by atoms with Gasteiger partial charge in [-0.25, -0.2) is 4.98 Å². The Kier molecular flexibility index (Phi) is 3.80. The summed E-state index contributed by atoms with van der Waals surface area (Å²) in [7, 11) is 0. The van der Waals surface area contributed by atoms with Crippen molar-refractivity contribution >= 4 is 66.1 Å². The van der Waals surface area contributed by atoms with E-state index in [1.165, 1.54) is 9.75 Å². The molecule has 2 heterocycles. The number of anilines is 1. The van der Waals surface area contributed by atoms with Crippen molar-refractivity contribution in [3.63, 3.8) is 0 Å². The highest BCUT2D eigenvalue weighted by atomic mass is 79.9. The van der Waals surface area contributed by atoms with Gasteiger partial charge in [-0.1, -0.05) is 11.6 Å². The first-order valence-electron chi connectivity index (χ1n) is 5.65. The molecule has 2 aromatic heterocycles. The van der Waals surface area contributed by atoms with Crippen molar-refractivity contribution < 1.29 is 0 Å². The normalized spacial score (nSPS) is 11.1. The number of hydrogen-bond acceptors (Lipinski definition) is 4. The van der Waals surface area contributed by atoms with E-state index in [0.29, 0.717) is 5.02 Å². The second kappa shape index (κ2) is 5.40. The highest BCUT2D eigenvalue weighted by Crippen LogP contribution is 2.33. The van der Waals surface area contributed by atoms with Gasteiger partial charge in [0.15, 0.2) is 0 Å². The van der Waals surface area contributed by atoms with Crippen LogP contribution >= 0.6 is 50.2 Å². The fourth-order valence-electron chi connectivity index (χ4n) is 1.86. The van der Waals surface area contributed by atoms with Gasteiger partial charge in [0.2, 0.25) is 0 Å². The Morgan fingerprint density at radius 3 is 3.00 bits per heavy atom. The molecule has 0 atom stereocenters. The van der Waals surface area contributed by atoms with Crippen molar-refractivity contribution in [2.45, 2.75) is 13.5 Å². The topological polar surface area (TPSA) is 24.9 Å². The molecular formula is C13H10BrClN2S2. The first kappa shape index (κ1) is 13.4. The molecule has 98 valence electrons. The largest absolute Gasteiger partial charge is 0.377 e. The zero-order valence-electron chi connectivity index (χ0n) is 10.0. The van der Waals surface area contributed by atoms with Crippen molar-refractivity contribution in [2.75, 3.05) is 5.32 Å². The number of nitrogens with one attached hydrogen (secondary N) is 1. The Bertz CT molecular complexity index is 716. The first-order valence-corrected chi connectivity index (χ1v) is 8.52. The standard InChI is InChI=1S/C13H10BrClN2S2/c1-7-9(14)4-8(19-7)5-16-12-10(15)2-3-11-13(12)17-6-18-11/h2-4,6,16H,5H2,1H3. The minimum absolute atomic E-state index is 0.714. The fourth-order valence-corrected chi connectivity index (χ4v) is 4.30. The molecule has 0 aliphatic heterocycles. The number of nitrogens with zero attached hydrogens (tertiary/aromatic N) is 1. The quantitative estimate of drug-likeness (QED) is 0.637. The second-order valence-corrected chi connectivity index (χ2v) is 7.58. The van der Waals surface area contributed by atoms with Crippen LogP contribution in [0.4, 0.5) is 5.69 Å². The zero-order chi connectivity index (χ0) is 13.4. The third kappa shape index (κ3) is 2.65. The van der Waals surface area contributed by atoms with E-state index in [0.717, 1.165) is 26.9 Å². The number of thiazole rings is 1. The van der Waals surface area contributed by atoms with E-state index in [-0.39, 0.29) is 0 Å². The molecular weight excluding hydrogens is 364 g/mol. The molecule has 0 radical (unpaired) electrons. The predicted octanol–water partition coefficient (Wildman–Crippen LogP) is 5.69. The lowest BCUT2D eigenvalue weighted by Crippen LogP contribution is -1.98. The van der Waals surface area contributed by atoms with Crippen LogP contribution in [0.1, 0.15) is 9.75 Å².